The van der Waals surface area contributed by atoms with Gasteiger partial charge < -0.3 is 15.2 Å². The number of halogens is 1. The molecule has 3 N–H and O–H groups in total. The van der Waals surface area contributed by atoms with Gasteiger partial charge in [0.1, 0.15) is 11.6 Å². The van der Waals surface area contributed by atoms with Crippen molar-refractivity contribution >= 4 is 10.9 Å². The highest BCUT2D eigenvalue weighted by Crippen LogP contribution is 2.52. The van der Waals surface area contributed by atoms with Crippen LogP contribution in [0.4, 0.5) is 4.39 Å². The van der Waals surface area contributed by atoms with Gasteiger partial charge in [0.2, 0.25) is 0 Å². The number of phenols is 1. The van der Waals surface area contributed by atoms with Gasteiger partial charge >= 0.3 is 0 Å². The fraction of sp³-hybridized carbons (Fsp3) is 0.286. The molecule has 1 aliphatic heterocycles. The smallest absolute Gasteiger partial charge is 0.125 e. The Morgan fingerprint density at radius 1 is 0.970 bits per heavy atom. The molecule has 0 radical (unpaired) electrons. The summed E-state index contributed by atoms with van der Waals surface area (Å²) in [5.74, 6) is -0.0607. The van der Waals surface area contributed by atoms with E-state index in [-0.39, 0.29) is 11.6 Å². The van der Waals surface area contributed by atoms with Crippen LogP contribution in [-0.4, -0.2) is 38.8 Å². The largest absolute Gasteiger partial charge is 0.508 e. The molecule has 0 bridgehead atoms. The number of aromatic amines is 1. The zero-order chi connectivity index (χ0) is 22.6. The third-order valence-corrected chi connectivity index (χ3v) is 7.78. The number of piperidine rings is 1. The molecule has 1 aliphatic carbocycles. The predicted molar refractivity (Wildman–Crippen MR) is 127 cm³/mol. The minimum absolute atomic E-state index is 0.209. The highest BCUT2D eigenvalue weighted by atomic mass is 19.1. The van der Waals surface area contributed by atoms with Gasteiger partial charge in [-0.1, -0.05) is 42.5 Å². The lowest BCUT2D eigenvalue weighted by Crippen LogP contribution is -2.66. The quantitative estimate of drug-likeness (QED) is 0.432. The number of aromatic nitrogens is 1. The Balaban J connectivity index is 1.46. The summed E-state index contributed by atoms with van der Waals surface area (Å²) in [5.41, 5.74) is 3.53. The number of nitrogens with zero attached hydrogens (tertiary/aromatic N) is 1. The molecule has 3 aromatic carbocycles. The molecule has 5 heteroatoms. The average molecular weight is 443 g/mol. The van der Waals surface area contributed by atoms with Crippen LogP contribution in [0.2, 0.25) is 0 Å². The van der Waals surface area contributed by atoms with Crippen molar-refractivity contribution in [2.45, 2.75) is 36.8 Å². The SMILES string of the molecule is Oc1cccc([C@@]23CCN(Cc4ccccc4)C[C@@]2(O)Cc2c([nH]c4cc(F)ccc24)C3)c1. The van der Waals surface area contributed by atoms with Gasteiger partial charge in [-0.05, 0) is 60.0 Å². The molecule has 0 saturated carbocycles. The van der Waals surface area contributed by atoms with E-state index in [4.69, 9.17) is 0 Å². The zero-order valence-corrected chi connectivity index (χ0v) is 18.4. The van der Waals surface area contributed by atoms with Crippen LogP contribution in [0.1, 0.15) is 28.8 Å². The molecule has 1 saturated heterocycles. The highest BCUT2D eigenvalue weighted by Gasteiger charge is 2.57. The maximum Gasteiger partial charge on any atom is 0.125 e. The van der Waals surface area contributed by atoms with E-state index >= 15 is 0 Å². The van der Waals surface area contributed by atoms with E-state index in [1.54, 1.807) is 12.1 Å². The minimum Gasteiger partial charge on any atom is -0.508 e. The van der Waals surface area contributed by atoms with Crippen LogP contribution in [-0.2, 0) is 24.8 Å². The van der Waals surface area contributed by atoms with Crippen LogP contribution in [0.3, 0.4) is 0 Å². The third-order valence-electron chi connectivity index (χ3n) is 7.78. The van der Waals surface area contributed by atoms with E-state index in [0.717, 1.165) is 47.2 Å². The molecular weight excluding hydrogens is 415 g/mol. The van der Waals surface area contributed by atoms with Crippen LogP contribution in [0.5, 0.6) is 5.75 Å². The Bertz CT molecular complexity index is 1330. The summed E-state index contributed by atoms with van der Waals surface area (Å²) in [6.45, 7) is 2.16. The molecule has 4 nitrogen and oxygen atoms in total. The van der Waals surface area contributed by atoms with Crippen molar-refractivity contribution in [2.75, 3.05) is 13.1 Å². The van der Waals surface area contributed by atoms with Crippen LogP contribution in [0, 0.1) is 5.82 Å². The lowest BCUT2D eigenvalue weighted by Gasteiger charge is -2.56. The molecule has 1 aromatic heterocycles. The second kappa shape index (κ2) is 7.44. The van der Waals surface area contributed by atoms with Crippen molar-refractivity contribution in [3.05, 3.63) is 101 Å². The standard InChI is InChI=1S/C28H27FN2O2/c29-21-9-10-23-24-15-28(33)18-31(17-19-5-2-1-3-6-19)12-11-27(28,16-26(24)30-25(23)14-21)20-7-4-8-22(32)13-20/h1-10,13-14,30,32-33H,11-12,15-18H2/t27-,28-/m0/s1. The number of hydrogen-bond donors (Lipinski definition) is 3. The number of nitrogens with one attached hydrogen (secondary N) is 1. The number of fused-ring (bicyclic) bond motifs is 4. The summed E-state index contributed by atoms with van der Waals surface area (Å²) in [5, 5.41) is 23.6. The Morgan fingerprint density at radius 3 is 2.64 bits per heavy atom. The number of β-amino-alcohol motifs (C(OH)–C–C–N with tert-alkyl or cyclic N) is 1. The van der Waals surface area contributed by atoms with Crippen molar-refractivity contribution in [3.63, 3.8) is 0 Å². The first-order chi connectivity index (χ1) is 16.0. The normalized spacial score (nSPS) is 25.0. The summed E-state index contributed by atoms with van der Waals surface area (Å²) in [6, 6.07) is 22.5. The number of aromatic hydroxyl groups is 1. The Morgan fingerprint density at radius 2 is 1.82 bits per heavy atom. The van der Waals surface area contributed by atoms with Gasteiger partial charge in [-0.15, -0.1) is 0 Å². The Kier molecular flexibility index (Phi) is 4.61. The molecular formula is C28H27FN2O2. The first kappa shape index (κ1) is 20.5. The van der Waals surface area contributed by atoms with Gasteiger partial charge in [-0.2, -0.15) is 0 Å². The Hall–Kier alpha value is -3.15. The topological polar surface area (TPSA) is 59.5 Å². The lowest BCUT2D eigenvalue weighted by atomic mass is 9.56. The highest BCUT2D eigenvalue weighted by molar-refractivity contribution is 5.85. The van der Waals surface area contributed by atoms with Gasteiger partial charge in [0.25, 0.3) is 0 Å². The molecule has 1 fully saturated rings. The first-order valence-corrected chi connectivity index (χ1v) is 11.5. The van der Waals surface area contributed by atoms with E-state index in [0.29, 0.717) is 19.4 Å². The number of rotatable bonds is 3. The van der Waals surface area contributed by atoms with Gasteiger partial charge in [0.15, 0.2) is 0 Å². The number of H-pyrrole nitrogens is 1. The lowest BCUT2D eigenvalue weighted by molar-refractivity contribution is -0.105. The summed E-state index contributed by atoms with van der Waals surface area (Å²) < 4.78 is 13.9. The maximum atomic E-state index is 13.9. The number of benzene rings is 3. The number of aliphatic hydroxyl groups is 1. The number of likely N-dealkylation sites (tertiary alicyclic amines) is 1. The molecule has 2 atom stereocenters. The Labute approximate surface area is 192 Å². The van der Waals surface area contributed by atoms with Crippen molar-refractivity contribution in [2.24, 2.45) is 0 Å². The maximum absolute atomic E-state index is 13.9. The minimum atomic E-state index is -1.02. The summed E-state index contributed by atoms with van der Waals surface area (Å²) in [6.07, 6.45) is 1.87. The first-order valence-electron chi connectivity index (χ1n) is 11.5. The van der Waals surface area contributed by atoms with Crippen molar-refractivity contribution in [1.82, 2.24) is 9.88 Å². The summed E-state index contributed by atoms with van der Waals surface area (Å²) in [7, 11) is 0. The number of phenolic OH excluding ortho intramolecular Hbond substituents is 1. The molecule has 0 amide bonds. The second-order valence-corrected chi connectivity index (χ2v) is 9.74. The fourth-order valence-electron chi connectivity index (χ4n) is 6.19. The molecule has 2 aliphatic rings. The molecule has 0 spiro atoms. The van der Waals surface area contributed by atoms with Crippen LogP contribution in [0.15, 0.2) is 72.8 Å². The molecule has 168 valence electrons. The third kappa shape index (κ3) is 3.26. The molecule has 2 heterocycles. The molecule has 33 heavy (non-hydrogen) atoms. The van der Waals surface area contributed by atoms with Gasteiger partial charge in [0.05, 0.1) is 5.60 Å². The van der Waals surface area contributed by atoms with Gasteiger partial charge in [-0.25, -0.2) is 4.39 Å². The monoisotopic (exact) mass is 442 g/mol. The summed E-state index contributed by atoms with van der Waals surface area (Å²) >= 11 is 0. The van der Waals surface area contributed by atoms with E-state index < -0.39 is 11.0 Å². The van der Waals surface area contributed by atoms with Crippen molar-refractivity contribution in [1.29, 1.82) is 0 Å². The second-order valence-electron chi connectivity index (χ2n) is 9.74. The van der Waals surface area contributed by atoms with Crippen molar-refractivity contribution < 1.29 is 14.6 Å². The number of hydrogen-bond acceptors (Lipinski definition) is 3. The predicted octanol–water partition coefficient (Wildman–Crippen LogP) is 4.69. The molecule has 4 aromatic rings. The summed E-state index contributed by atoms with van der Waals surface area (Å²) in [4.78, 5) is 5.77. The van der Waals surface area contributed by atoms with E-state index in [9.17, 15) is 14.6 Å². The van der Waals surface area contributed by atoms with Crippen LogP contribution >= 0.6 is 0 Å². The fourth-order valence-corrected chi connectivity index (χ4v) is 6.19. The van der Waals surface area contributed by atoms with Gasteiger partial charge in [-0.3, -0.25) is 4.90 Å². The molecule has 6 rings (SSSR count). The van der Waals surface area contributed by atoms with E-state index in [1.165, 1.54) is 17.7 Å². The van der Waals surface area contributed by atoms with Crippen LogP contribution < -0.4 is 0 Å². The molecule has 0 unspecified atom stereocenters. The van der Waals surface area contributed by atoms with Crippen LogP contribution in [0.25, 0.3) is 10.9 Å². The average Bonchev–Trinajstić information content (AvgIpc) is 3.13. The zero-order valence-electron chi connectivity index (χ0n) is 18.4. The van der Waals surface area contributed by atoms with Crippen molar-refractivity contribution in [3.8, 4) is 5.75 Å². The van der Waals surface area contributed by atoms with E-state index in [2.05, 4.69) is 22.0 Å². The van der Waals surface area contributed by atoms with Gasteiger partial charge in [0, 0.05) is 47.9 Å². The van der Waals surface area contributed by atoms with E-state index in [1.807, 2.05) is 36.4 Å².